The van der Waals surface area contributed by atoms with E-state index in [0.717, 1.165) is 25.8 Å². The highest BCUT2D eigenvalue weighted by Gasteiger charge is 2.16. The largest absolute Gasteiger partial charge is 0.485 e. The third kappa shape index (κ3) is 2.78. The lowest BCUT2D eigenvalue weighted by molar-refractivity contribution is 0.173. The smallest absolute Gasteiger partial charge is 0.235 e. The molecule has 9 heteroatoms. The Morgan fingerprint density at radius 2 is 1.92 bits per heavy atom. The lowest BCUT2D eigenvalue weighted by Crippen LogP contribution is -2.02. The predicted molar refractivity (Wildman–Crippen MR) is 98.7 cm³/mol. The van der Waals surface area contributed by atoms with E-state index in [9.17, 15) is 0 Å². The molecule has 3 heterocycles. The zero-order valence-corrected chi connectivity index (χ0v) is 15.7. The Labute approximate surface area is 160 Å². The van der Waals surface area contributed by atoms with E-state index < -0.39 is 0 Å². The molecule has 4 aromatic rings. The van der Waals surface area contributed by atoms with Crippen molar-refractivity contribution in [3.63, 3.8) is 0 Å². The Kier molecular flexibility index (Phi) is 3.75. The number of benzene rings is 2. The van der Waals surface area contributed by atoms with Crippen LogP contribution in [0.2, 0.25) is 0 Å². The van der Waals surface area contributed by atoms with Crippen LogP contribution in [0, 0.1) is 0 Å². The van der Waals surface area contributed by atoms with Crippen molar-refractivity contribution in [1.29, 1.82) is 0 Å². The summed E-state index contributed by atoms with van der Waals surface area (Å²) < 4.78 is 19.2. The molecule has 0 bridgehead atoms. The van der Waals surface area contributed by atoms with Gasteiger partial charge in [-0.25, -0.2) is 0 Å². The summed E-state index contributed by atoms with van der Waals surface area (Å²) in [5.74, 6) is 2.72. The lowest BCUT2D eigenvalue weighted by Gasteiger charge is -2.05. The van der Waals surface area contributed by atoms with E-state index >= 15 is 0 Å². The molecular weight excluding hydrogens is 420 g/mol. The second-order valence-corrected chi connectivity index (χ2v) is 7.40. The molecule has 1 aliphatic heterocycles. The van der Waals surface area contributed by atoms with Crippen molar-refractivity contribution in [1.82, 2.24) is 19.8 Å². The second kappa shape index (κ2) is 6.26. The molecular formula is C17H11BrN4O3S. The summed E-state index contributed by atoms with van der Waals surface area (Å²) >= 11 is 4.93. The Bertz CT molecular complexity index is 1090. The molecule has 2 aromatic carbocycles. The first kappa shape index (κ1) is 15.6. The number of hydrogen-bond donors (Lipinski definition) is 0. The summed E-state index contributed by atoms with van der Waals surface area (Å²) in [5.41, 5.74) is 1.03. The number of aromatic nitrogens is 4. The summed E-state index contributed by atoms with van der Waals surface area (Å²) in [5, 5.41) is 13.8. The molecule has 0 saturated heterocycles. The fraction of sp³-hybridized carbons (Fsp3) is 0.118. The molecule has 0 radical (unpaired) electrons. The molecule has 1 aliphatic rings. The van der Waals surface area contributed by atoms with Gasteiger partial charge in [-0.2, -0.15) is 9.61 Å². The van der Waals surface area contributed by atoms with Gasteiger partial charge in [0.2, 0.25) is 11.8 Å². The van der Waals surface area contributed by atoms with Crippen molar-refractivity contribution in [2.24, 2.45) is 0 Å². The van der Waals surface area contributed by atoms with Gasteiger partial charge >= 0.3 is 0 Å². The second-order valence-electron chi connectivity index (χ2n) is 5.53. The molecule has 26 heavy (non-hydrogen) atoms. The third-order valence-electron chi connectivity index (χ3n) is 3.86. The Balaban J connectivity index is 1.38. The number of halogens is 1. The van der Waals surface area contributed by atoms with Gasteiger partial charge in [-0.05, 0) is 24.3 Å². The molecule has 0 spiro atoms. The van der Waals surface area contributed by atoms with Gasteiger partial charge in [-0.1, -0.05) is 39.4 Å². The number of nitrogens with zero attached hydrogens (tertiary/aromatic N) is 4. The van der Waals surface area contributed by atoms with Crippen LogP contribution in [0.1, 0.15) is 5.82 Å². The maximum Gasteiger partial charge on any atom is 0.235 e. The zero-order valence-electron chi connectivity index (χ0n) is 13.3. The summed E-state index contributed by atoms with van der Waals surface area (Å²) in [6, 6.07) is 13.5. The predicted octanol–water partition coefficient (Wildman–Crippen LogP) is 3.92. The van der Waals surface area contributed by atoms with Gasteiger partial charge in [-0.15, -0.1) is 10.2 Å². The van der Waals surface area contributed by atoms with Crippen molar-refractivity contribution in [3.8, 4) is 27.8 Å². The van der Waals surface area contributed by atoms with Crippen molar-refractivity contribution < 1.29 is 14.2 Å². The quantitative estimate of drug-likeness (QED) is 0.488. The first-order chi connectivity index (χ1) is 12.8. The Morgan fingerprint density at radius 1 is 1.08 bits per heavy atom. The van der Waals surface area contributed by atoms with Crippen LogP contribution in [0.3, 0.4) is 0 Å². The zero-order chi connectivity index (χ0) is 17.5. The number of fused-ring (bicyclic) bond motifs is 2. The van der Waals surface area contributed by atoms with E-state index in [2.05, 4.69) is 31.2 Å². The van der Waals surface area contributed by atoms with Crippen LogP contribution in [0.25, 0.3) is 15.5 Å². The van der Waals surface area contributed by atoms with Crippen molar-refractivity contribution >= 4 is 32.2 Å². The molecule has 0 saturated carbocycles. The van der Waals surface area contributed by atoms with Crippen LogP contribution in [0.4, 0.5) is 0 Å². The molecule has 0 atom stereocenters. The minimum absolute atomic E-state index is 0.237. The van der Waals surface area contributed by atoms with Gasteiger partial charge in [0.15, 0.2) is 17.3 Å². The Hall–Kier alpha value is -2.65. The van der Waals surface area contributed by atoms with Crippen molar-refractivity contribution in [3.05, 3.63) is 52.8 Å². The first-order valence-corrected chi connectivity index (χ1v) is 9.37. The van der Waals surface area contributed by atoms with Gasteiger partial charge in [0.25, 0.3) is 0 Å². The molecule has 130 valence electrons. The lowest BCUT2D eigenvalue weighted by atomic mass is 10.2. The SMILES string of the molecule is Brc1ccc(-c2nn3c(COc4ccc5c(c4)OCO5)nnc3s2)cc1. The average molecular weight is 431 g/mol. The van der Waals surface area contributed by atoms with Crippen LogP contribution in [-0.2, 0) is 6.61 Å². The van der Waals surface area contributed by atoms with Crippen molar-refractivity contribution in [2.75, 3.05) is 6.79 Å². The van der Waals surface area contributed by atoms with Gasteiger partial charge in [0, 0.05) is 16.1 Å². The number of rotatable bonds is 4. The van der Waals surface area contributed by atoms with Crippen molar-refractivity contribution in [2.45, 2.75) is 6.61 Å². The first-order valence-electron chi connectivity index (χ1n) is 7.76. The highest BCUT2D eigenvalue weighted by Crippen LogP contribution is 2.35. The van der Waals surface area contributed by atoms with Crippen LogP contribution in [0.15, 0.2) is 46.9 Å². The van der Waals surface area contributed by atoms with Crippen LogP contribution < -0.4 is 14.2 Å². The minimum atomic E-state index is 0.237. The Morgan fingerprint density at radius 3 is 2.81 bits per heavy atom. The summed E-state index contributed by atoms with van der Waals surface area (Å²) in [4.78, 5) is 0.729. The van der Waals surface area contributed by atoms with E-state index in [1.165, 1.54) is 11.3 Å². The maximum absolute atomic E-state index is 5.81. The van der Waals surface area contributed by atoms with Gasteiger partial charge < -0.3 is 14.2 Å². The van der Waals surface area contributed by atoms with Gasteiger partial charge in [0.1, 0.15) is 17.4 Å². The number of hydrogen-bond acceptors (Lipinski definition) is 7. The number of ether oxygens (including phenoxy) is 3. The normalized spacial score (nSPS) is 12.7. The van der Waals surface area contributed by atoms with Crippen LogP contribution >= 0.6 is 27.3 Å². The molecule has 0 aliphatic carbocycles. The standard InChI is InChI=1S/C17H11BrN4O3S/c18-11-3-1-10(2-4-11)16-21-22-15(19-20-17(22)26-16)8-23-12-5-6-13-14(7-12)25-9-24-13/h1-7H,8-9H2. The van der Waals surface area contributed by atoms with Crippen LogP contribution in [-0.4, -0.2) is 26.6 Å². The van der Waals surface area contributed by atoms with Crippen LogP contribution in [0.5, 0.6) is 17.2 Å². The molecule has 0 N–H and O–H groups in total. The van der Waals surface area contributed by atoms with E-state index in [4.69, 9.17) is 14.2 Å². The molecule has 2 aromatic heterocycles. The fourth-order valence-electron chi connectivity index (χ4n) is 2.57. The average Bonchev–Trinajstić information content (AvgIpc) is 3.36. The molecule has 0 unspecified atom stereocenters. The molecule has 0 amide bonds. The minimum Gasteiger partial charge on any atom is -0.485 e. The highest BCUT2D eigenvalue weighted by molar-refractivity contribution is 9.10. The summed E-state index contributed by atoms with van der Waals surface area (Å²) in [6.07, 6.45) is 0. The van der Waals surface area contributed by atoms with E-state index in [1.807, 2.05) is 36.4 Å². The maximum atomic E-state index is 5.81. The molecule has 7 nitrogen and oxygen atoms in total. The fourth-order valence-corrected chi connectivity index (χ4v) is 3.70. The monoisotopic (exact) mass is 430 g/mol. The topological polar surface area (TPSA) is 70.8 Å². The van der Waals surface area contributed by atoms with E-state index in [1.54, 1.807) is 10.6 Å². The molecule has 5 rings (SSSR count). The van der Waals surface area contributed by atoms with Gasteiger partial charge in [0.05, 0.1) is 0 Å². The summed E-state index contributed by atoms with van der Waals surface area (Å²) in [7, 11) is 0. The molecule has 0 fully saturated rings. The van der Waals surface area contributed by atoms with E-state index in [0.29, 0.717) is 17.3 Å². The third-order valence-corrected chi connectivity index (χ3v) is 5.34. The van der Waals surface area contributed by atoms with Gasteiger partial charge in [-0.3, -0.25) is 0 Å². The highest BCUT2D eigenvalue weighted by atomic mass is 79.9. The van der Waals surface area contributed by atoms with E-state index in [-0.39, 0.29) is 13.4 Å². The summed E-state index contributed by atoms with van der Waals surface area (Å²) in [6.45, 7) is 0.492.